The minimum Gasteiger partial charge on any atom is -0.457 e. The van der Waals surface area contributed by atoms with E-state index in [4.69, 9.17) is 10.5 Å². The van der Waals surface area contributed by atoms with Crippen molar-refractivity contribution >= 4 is 31.9 Å². The molecule has 0 radical (unpaired) electrons. The zero-order chi connectivity index (χ0) is 14.7. The fourth-order valence-corrected chi connectivity index (χ4v) is 2.80. The monoisotopic (exact) mass is 397 g/mol. The molecule has 4 heteroatoms. The predicted octanol–water partition coefficient (Wildman–Crippen LogP) is 5.20. The second kappa shape index (κ2) is 6.74. The van der Waals surface area contributed by atoms with Gasteiger partial charge in [-0.25, -0.2) is 0 Å². The van der Waals surface area contributed by atoms with E-state index >= 15 is 0 Å². The van der Waals surface area contributed by atoms with Crippen LogP contribution in [0.3, 0.4) is 0 Å². The van der Waals surface area contributed by atoms with E-state index in [-0.39, 0.29) is 6.04 Å². The topological polar surface area (TPSA) is 35.2 Å². The highest BCUT2D eigenvalue weighted by molar-refractivity contribution is 9.10. The van der Waals surface area contributed by atoms with Crippen LogP contribution in [0.4, 0.5) is 0 Å². The van der Waals surface area contributed by atoms with Crippen LogP contribution in [0.15, 0.2) is 45.3 Å². The minimum atomic E-state index is 0.101. The standard InChI is InChI=1S/C16H17Br2NO/c1-10-7-13(17)5-6-15(10)20-16-9-14(18)4-3-12(16)8-11(2)19/h3-7,9,11H,8,19H2,1-2H3. The van der Waals surface area contributed by atoms with Crippen LogP contribution in [0.25, 0.3) is 0 Å². The summed E-state index contributed by atoms with van der Waals surface area (Å²) in [5.74, 6) is 1.71. The lowest BCUT2D eigenvalue weighted by molar-refractivity contribution is 0.470. The van der Waals surface area contributed by atoms with Gasteiger partial charge in [-0.1, -0.05) is 37.9 Å². The van der Waals surface area contributed by atoms with Gasteiger partial charge in [0.05, 0.1) is 0 Å². The van der Waals surface area contributed by atoms with Gasteiger partial charge in [-0.15, -0.1) is 0 Å². The molecule has 2 aromatic carbocycles. The molecule has 0 saturated heterocycles. The molecule has 1 atom stereocenters. The Morgan fingerprint density at radius 3 is 2.35 bits per heavy atom. The number of halogens is 2. The number of aryl methyl sites for hydroxylation is 1. The molecule has 0 aromatic heterocycles. The lowest BCUT2D eigenvalue weighted by Crippen LogP contribution is -2.18. The number of nitrogens with two attached hydrogens (primary N) is 1. The van der Waals surface area contributed by atoms with Crippen molar-refractivity contribution in [2.45, 2.75) is 26.3 Å². The van der Waals surface area contributed by atoms with Gasteiger partial charge in [-0.05, 0) is 61.7 Å². The SMILES string of the molecule is Cc1cc(Br)ccc1Oc1cc(Br)ccc1CC(C)N. The zero-order valence-electron chi connectivity index (χ0n) is 11.5. The van der Waals surface area contributed by atoms with Crippen LogP contribution in [0.1, 0.15) is 18.1 Å². The summed E-state index contributed by atoms with van der Waals surface area (Å²) in [6, 6.07) is 12.1. The molecule has 20 heavy (non-hydrogen) atoms. The van der Waals surface area contributed by atoms with Gasteiger partial charge in [0.1, 0.15) is 11.5 Å². The normalized spacial score (nSPS) is 12.2. The Morgan fingerprint density at radius 2 is 1.70 bits per heavy atom. The lowest BCUT2D eigenvalue weighted by Gasteiger charge is -2.15. The smallest absolute Gasteiger partial charge is 0.131 e. The first-order valence-corrected chi connectivity index (χ1v) is 8.02. The van der Waals surface area contributed by atoms with Gasteiger partial charge < -0.3 is 10.5 Å². The van der Waals surface area contributed by atoms with E-state index in [1.807, 2.05) is 44.2 Å². The Hall–Kier alpha value is -0.840. The van der Waals surface area contributed by atoms with Crippen LogP contribution in [0.2, 0.25) is 0 Å². The highest BCUT2D eigenvalue weighted by Crippen LogP contribution is 2.32. The van der Waals surface area contributed by atoms with Crippen molar-refractivity contribution in [2.24, 2.45) is 5.73 Å². The molecule has 2 aromatic rings. The molecular weight excluding hydrogens is 382 g/mol. The predicted molar refractivity (Wildman–Crippen MR) is 90.4 cm³/mol. The molecule has 0 heterocycles. The van der Waals surface area contributed by atoms with Crippen LogP contribution >= 0.6 is 31.9 Å². The quantitative estimate of drug-likeness (QED) is 0.767. The summed E-state index contributed by atoms with van der Waals surface area (Å²) in [5.41, 5.74) is 8.11. The van der Waals surface area contributed by atoms with E-state index in [0.717, 1.165) is 38.0 Å². The number of benzene rings is 2. The third kappa shape index (κ3) is 4.08. The molecule has 0 saturated carbocycles. The minimum absolute atomic E-state index is 0.101. The van der Waals surface area contributed by atoms with E-state index in [1.54, 1.807) is 0 Å². The van der Waals surface area contributed by atoms with E-state index in [1.165, 1.54) is 0 Å². The first-order chi connectivity index (χ1) is 9.45. The number of hydrogen-bond donors (Lipinski definition) is 1. The summed E-state index contributed by atoms with van der Waals surface area (Å²) in [6.45, 7) is 4.03. The van der Waals surface area contributed by atoms with Crippen LogP contribution in [-0.4, -0.2) is 6.04 Å². The average molecular weight is 399 g/mol. The molecule has 0 aliphatic rings. The van der Waals surface area contributed by atoms with Crippen LogP contribution < -0.4 is 10.5 Å². The fraction of sp³-hybridized carbons (Fsp3) is 0.250. The highest BCUT2D eigenvalue weighted by atomic mass is 79.9. The van der Waals surface area contributed by atoms with Crippen molar-refractivity contribution in [1.82, 2.24) is 0 Å². The van der Waals surface area contributed by atoms with Crippen molar-refractivity contribution in [3.63, 3.8) is 0 Å². The second-order valence-electron chi connectivity index (χ2n) is 4.95. The largest absolute Gasteiger partial charge is 0.457 e. The molecule has 0 amide bonds. The van der Waals surface area contributed by atoms with Crippen LogP contribution in [0.5, 0.6) is 11.5 Å². The molecule has 2 rings (SSSR count). The van der Waals surface area contributed by atoms with Gasteiger partial charge in [0.25, 0.3) is 0 Å². The molecule has 0 bridgehead atoms. The van der Waals surface area contributed by atoms with E-state index in [0.29, 0.717) is 0 Å². The second-order valence-corrected chi connectivity index (χ2v) is 6.78. The molecule has 1 unspecified atom stereocenters. The Labute approximate surface area is 136 Å². The van der Waals surface area contributed by atoms with Gasteiger partial charge >= 0.3 is 0 Å². The van der Waals surface area contributed by atoms with Gasteiger partial charge in [-0.2, -0.15) is 0 Å². The maximum absolute atomic E-state index is 6.07. The van der Waals surface area contributed by atoms with Crippen LogP contribution in [-0.2, 0) is 6.42 Å². The molecular formula is C16H17Br2NO. The van der Waals surface area contributed by atoms with E-state index < -0.39 is 0 Å². The van der Waals surface area contributed by atoms with Crippen molar-refractivity contribution in [2.75, 3.05) is 0 Å². The summed E-state index contributed by atoms with van der Waals surface area (Å²) in [5, 5.41) is 0. The third-order valence-electron chi connectivity index (χ3n) is 2.93. The third-order valence-corrected chi connectivity index (χ3v) is 3.91. The molecule has 0 spiro atoms. The molecule has 106 valence electrons. The van der Waals surface area contributed by atoms with Gasteiger partial charge in [-0.3, -0.25) is 0 Å². The summed E-state index contributed by atoms with van der Waals surface area (Å²) in [7, 11) is 0. The van der Waals surface area contributed by atoms with E-state index in [9.17, 15) is 0 Å². The lowest BCUT2D eigenvalue weighted by atomic mass is 10.1. The Kier molecular flexibility index (Phi) is 5.24. The Morgan fingerprint density at radius 1 is 1.05 bits per heavy atom. The first-order valence-electron chi connectivity index (χ1n) is 6.43. The summed E-state index contributed by atoms with van der Waals surface area (Å²) >= 11 is 6.95. The molecule has 2 N–H and O–H groups in total. The molecule has 0 aliphatic carbocycles. The van der Waals surface area contributed by atoms with Crippen molar-refractivity contribution in [1.29, 1.82) is 0 Å². The van der Waals surface area contributed by atoms with Crippen molar-refractivity contribution in [3.8, 4) is 11.5 Å². The molecule has 0 aliphatic heterocycles. The van der Waals surface area contributed by atoms with Crippen LogP contribution in [0, 0.1) is 6.92 Å². The van der Waals surface area contributed by atoms with Gasteiger partial charge in [0, 0.05) is 15.0 Å². The highest BCUT2D eigenvalue weighted by Gasteiger charge is 2.09. The average Bonchev–Trinajstić information content (AvgIpc) is 2.35. The summed E-state index contributed by atoms with van der Waals surface area (Å²) in [6.07, 6.45) is 0.790. The first kappa shape index (κ1) is 15.5. The van der Waals surface area contributed by atoms with Gasteiger partial charge in [0.15, 0.2) is 0 Å². The fourth-order valence-electron chi connectivity index (χ4n) is 1.98. The van der Waals surface area contributed by atoms with Crippen molar-refractivity contribution in [3.05, 3.63) is 56.5 Å². The number of rotatable bonds is 4. The molecule has 2 nitrogen and oxygen atoms in total. The van der Waals surface area contributed by atoms with Crippen molar-refractivity contribution < 1.29 is 4.74 Å². The number of hydrogen-bond acceptors (Lipinski definition) is 2. The van der Waals surface area contributed by atoms with Gasteiger partial charge in [0.2, 0.25) is 0 Å². The van der Waals surface area contributed by atoms with E-state index in [2.05, 4.69) is 37.9 Å². The maximum atomic E-state index is 6.07. The summed E-state index contributed by atoms with van der Waals surface area (Å²) in [4.78, 5) is 0. The Balaban J connectivity index is 2.34. The summed E-state index contributed by atoms with van der Waals surface area (Å²) < 4.78 is 8.12. The Bertz CT molecular complexity index is 611. The zero-order valence-corrected chi connectivity index (χ0v) is 14.7. The number of ether oxygens (including phenoxy) is 1. The molecule has 0 fully saturated rings. The maximum Gasteiger partial charge on any atom is 0.131 e.